The van der Waals surface area contributed by atoms with E-state index in [-0.39, 0.29) is 29.7 Å². The molecule has 174 valence electrons. The summed E-state index contributed by atoms with van der Waals surface area (Å²) in [6.07, 6.45) is 1.80. The Morgan fingerprint density at radius 1 is 0.909 bits per heavy atom. The summed E-state index contributed by atoms with van der Waals surface area (Å²) in [5.74, 6) is 1.11. The number of thiazole rings is 1. The van der Waals surface area contributed by atoms with Gasteiger partial charge in [0, 0.05) is 17.5 Å². The van der Waals surface area contributed by atoms with Crippen LogP contribution in [0.3, 0.4) is 0 Å². The Balaban J connectivity index is 1.52. The Kier molecular flexibility index (Phi) is 6.47. The second kappa shape index (κ2) is 8.90. The molecule has 1 aliphatic heterocycles. The Labute approximate surface area is 202 Å². The van der Waals surface area contributed by atoms with Gasteiger partial charge in [0.05, 0.1) is 11.2 Å². The van der Waals surface area contributed by atoms with Crippen LogP contribution in [0, 0.1) is 5.41 Å². The highest BCUT2D eigenvalue weighted by molar-refractivity contribution is 7.09. The van der Waals surface area contributed by atoms with Gasteiger partial charge >= 0.3 is 7.12 Å². The number of aromatic nitrogens is 1. The number of ether oxygens (including phenoxy) is 1. The summed E-state index contributed by atoms with van der Waals surface area (Å²) < 4.78 is 18.4. The minimum atomic E-state index is -0.341. The predicted molar refractivity (Wildman–Crippen MR) is 136 cm³/mol. The summed E-state index contributed by atoms with van der Waals surface area (Å²) in [4.78, 5) is 4.28. The zero-order valence-electron chi connectivity index (χ0n) is 20.7. The normalized spacial score (nSPS) is 18.3. The zero-order valence-corrected chi connectivity index (χ0v) is 21.5. The molecule has 0 bridgehead atoms. The molecule has 0 spiro atoms. The van der Waals surface area contributed by atoms with Crippen LogP contribution in [-0.2, 0) is 15.9 Å². The van der Waals surface area contributed by atoms with Crippen LogP contribution in [0.1, 0.15) is 70.5 Å². The molecule has 1 aliphatic rings. The van der Waals surface area contributed by atoms with E-state index < -0.39 is 0 Å². The Morgan fingerprint density at radius 3 is 1.94 bits per heavy atom. The predicted octanol–water partition coefficient (Wildman–Crippen LogP) is 6.20. The standard InChI is InChI=1S/C27H34BNO3S/c1-25(2,3)24(20-10-14-22(15-11-20)30-18-23-29-16-17-33-23)19-8-12-21(13-9-19)28-31-26(4,5)27(6,7)32-28/h8-17,24H,18H2,1-7H3. The van der Waals surface area contributed by atoms with Crippen LogP contribution in [0.25, 0.3) is 0 Å². The Morgan fingerprint density at radius 2 is 1.45 bits per heavy atom. The van der Waals surface area contributed by atoms with Crippen molar-refractivity contribution in [2.45, 2.75) is 72.2 Å². The first kappa shape index (κ1) is 24.0. The molecule has 0 aliphatic carbocycles. The van der Waals surface area contributed by atoms with Gasteiger partial charge in [0.25, 0.3) is 0 Å². The molecule has 4 rings (SSSR count). The average molecular weight is 463 g/mol. The molecule has 1 atom stereocenters. The minimum Gasteiger partial charge on any atom is -0.486 e. The average Bonchev–Trinajstić information content (AvgIpc) is 3.32. The largest absolute Gasteiger partial charge is 0.494 e. The fourth-order valence-corrected chi connectivity index (χ4v) is 4.77. The van der Waals surface area contributed by atoms with E-state index in [9.17, 15) is 0 Å². The third-order valence-corrected chi connectivity index (χ3v) is 7.47. The maximum atomic E-state index is 6.23. The number of benzene rings is 2. The molecule has 1 unspecified atom stereocenters. The molecular weight excluding hydrogens is 429 g/mol. The van der Waals surface area contributed by atoms with Crippen LogP contribution < -0.4 is 10.2 Å². The highest BCUT2D eigenvalue weighted by Gasteiger charge is 2.51. The summed E-state index contributed by atoms with van der Waals surface area (Å²) in [6, 6.07) is 17.2. The van der Waals surface area contributed by atoms with Crippen LogP contribution in [0.2, 0.25) is 0 Å². The van der Waals surface area contributed by atoms with Crippen molar-refractivity contribution in [3.63, 3.8) is 0 Å². The van der Waals surface area contributed by atoms with Gasteiger partial charge in [-0.05, 0) is 61.8 Å². The smallest absolute Gasteiger partial charge is 0.486 e. The number of nitrogens with zero attached hydrogens (tertiary/aromatic N) is 1. The van der Waals surface area contributed by atoms with Gasteiger partial charge in [0.15, 0.2) is 0 Å². The van der Waals surface area contributed by atoms with Crippen LogP contribution >= 0.6 is 11.3 Å². The van der Waals surface area contributed by atoms with E-state index in [1.807, 2.05) is 5.38 Å². The highest BCUT2D eigenvalue weighted by atomic mass is 32.1. The molecule has 2 heterocycles. The van der Waals surface area contributed by atoms with E-state index >= 15 is 0 Å². The first-order valence-electron chi connectivity index (χ1n) is 11.5. The van der Waals surface area contributed by atoms with Crippen molar-refractivity contribution in [2.75, 3.05) is 0 Å². The summed E-state index contributed by atoms with van der Waals surface area (Å²) in [5.41, 5.74) is 2.97. The summed E-state index contributed by atoms with van der Waals surface area (Å²) in [5, 5.41) is 2.95. The summed E-state index contributed by atoms with van der Waals surface area (Å²) >= 11 is 1.61. The third kappa shape index (κ3) is 5.18. The fraction of sp³-hybridized carbons (Fsp3) is 0.444. The molecule has 1 aromatic heterocycles. The van der Waals surface area contributed by atoms with Crippen molar-refractivity contribution in [3.05, 3.63) is 76.2 Å². The zero-order chi connectivity index (χ0) is 23.9. The lowest BCUT2D eigenvalue weighted by Gasteiger charge is -2.32. The molecule has 4 nitrogen and oxygen atoms in total. The van der Waals surface area contributed by atoms with E-state index in [0.717, 1.165) is 16.2 Å². The van der Waals surface area contributed by atoms with Gasteiger partial charge in [-0.3, -0.25) is 0 Å². The van der Waals surface area contributed by atoms with E-state index in [4.69, 9.17) is 14.0 Å². The number of hydrogen-bond donors (Lipinski definition) is 0. The molecule has 0 radical (unpaired) electrons. The molecule has 0 amide bonds. The van der Waals surface area contributed by atoms with Crippen molar-refractivity contribution in [2.24, 2.45) is 5.41 Å². The van der Waals surface area contributed by atoms with Gasteiger partial charge in [-0.1, -0.05) is 57.2 Å². The summed E-state index contributed by atoms with van der Waals surface area (Å²) in [6.45, 7) is 15.7. The second-order valence-corrected chi connectivity index (χ2v) is 11.8. The second-order valence-electron chi connectivity index (χ2n) is 10.8. The van der Waals surface area contributed by atoms with Gasteiger partial charge in [0.2, 0.25) is 0 Å². The van der Waals surface area contributed by atoms with E-state index in [1.54, 1.807) is 17.5 Å². The summed E-state index contributed by atoms with van der Waals surface area (Å²) in [7, 11) is -0.341. The van der Waals surface area contributed by atoms with Crippen molar-refractivity contribution in [1.82, 2.24) is 4.98 Å². The maximum Gasteiger partial charge on any atom is 0.494 e. The quantitative estimate of drug-likeness (QED) is 0.408. The lowest BCUT2D eigenvalue weighted by atomic mass is 9.71. The van der Waals surface area contributed by atoms with Crippen molar-refractivity contribution >= 4 is 23.9 Å². The molecule has 1 fully saturated rings. The van der Waals surface area contributed by atoms with Crippen molar-refractivity contribution in [3.8, 4) is 5.75 Å². The van der Waals surface area contributed by atoms with Crippen LogP contribution in [0.5, 0.6) is 5.75 Å². The molecule has 0 N–H and O–H groups in total. The van der Waals surface area contributed by atoms with E-state index in [1.165, 1.54) is 11.1 Å². The lowest BCUT2D eigenvalue weighted by molar-refractivity contribution is 0.00578. The Bertz CT molecular complexity index is 1040. The topological polar surface area (TPSA) is 40.6 Å². The van der Waals surface area contributed by atoms with Crippen molar-refractivity contribution < 1.29 is 14.0 Å². The molecule has 3 aromatic rings. The van der Waals surface area contributed by atoms with Gasteiger partial charge in [-0.15, -0.1) is 11.3 Å². The highest BCUT2D eigenvalue weighted by Crippen LogP contribution is 2.41. The number of hydrogen-bond acceptors (Lipinski definition) is 5. The van der Waals surface area contributed by atoms with Gasteiger partial charge in [-0.25, -0.2) is 4.98 Å². The first-order valence-corrected chi connectivity index (χ1v) is 12.4. The van der Waals surface area contributed by atoms with Crippen LogP contribution in [0.4, 0.5) is 0 Å². The van der Waals surface area contributed by atoms with E-state index in [0.29, 0.717) is 6.61 Å². The molecule has 6 heteroatoms. The Hall–Kier alpha value is -2.15. The lowest BCUT2D eigenvalue weighted by Crippen LogP contribution is -2.41. The van der Waals surface area contributed by atoms with Gasteiger partial charge in [0.1, 0.15) is 17.4 Å². The SMILES string of the molecule is CC(C)(C)C(c1ccc(OCc2nccs2)cc1)c1ccc(B2OC(C)(C)C(C)(C)O2)cc1. The maximum absolute atomic E-state index is 6.23. The number of rotatable bonds is 6. The molecule has 1 saturated heterocycles. The van der Waals surface area contributed by atoms with Crippen molar-refractivity contribution in [1.29, 1.82) is 0 Å². The molecule has 33 heavy (non-hydrogen) atoms. The molecular formula is C27H34BNO3S. The molecule has 2 aromatic carbocycles. The van der Waals surface area contributed by atoms with E-state index in [2.05, 4.69) is 102 Å². The van der Waals surface area contributed by atoms with Crippen LogP contribution in [0.15, 0.2) is 60.1 Å². The van der Waals surface area contributed by atoms with Crippen LogP contribution in [-0.4, -0.2) is 23.3 Å². The first-order chi connectivity index (χ1) is 15.5. The van der Waals surface area contributed by atoms with Gasteiger partial charge in [-0.2, -0.15) is 0 Å². The fourth-order valence-electron chi connectivity index (χ4n) is 4.24. The minimum absolute atomic E-state index is 0.0507. The monoisotopic (exact) mass is 463 g/mol. The third-order valence-electron chi connectivity index (χ3n) is 6.72. The van der Waals surface area contributed by atoms with Gasteiger partial charge < -0.3 is 14.0 Å². The molecule has 0 saturated carbocycles.